The van der Waals surface area contributed by atoms with Crippen LogP contribution in [0.5, 0.6) is 11.5 Å². The van der Waals surface area contributed by atoms with Gasteiger partial charge in [0.2, 0.25) is 5.91 Å². The van der Waals surface area contributed by atoms with Crippen LogP contribution in [0.15, 0.2) is 40.9 Å². The molecule has 2 aromatic carbocycles. The van der Waals surface area contributed by atoms with Gasteiger partial charge in [0.25, 0.3) is 0 Å². The van der Waals surface area contributed by atoms with E-state index in [4.69, 9.17) is 9.47 Å². The molecule has 2 unspecified atom stereocenters. The van der Waals surface area contributed by atoms with Crippen LogP contribution < -0.4 is 15.0 Å². The van der Waals surface area contributed by atoms with Crippen LogP contribution >= 0.6 is 15.9 Å². The van der Waals surface area contributed by atoms with Crippen molar-refractivity contribution in [3.8, 4) is 11.5 Å². The second-order valence-corrected chi connectivity index (χ2v) is 8.57. The molecule has 0 radical (unpaired) electrons. The van der Waals surface area contributed by atoms with Gasteiger partial charge >= 0.3 is 6.09 Å². The third-order valence-corrected chi connectivity index (χ3v) is 6.38. The van der Waals surface area contributed by atoms with E-state index in [-0.39, 0.29) is 24.2 Å². The number of carbonyl (C=O) groups is 2. The van der Waals surface area contributed by atoms with Crippen molar-refractivity contribution in [3.63, 3.8) is 0 Å². The lowest BCUT2D eigenvalue weighted by Crippen LogP contribution is -2.52. The van der Waals surface area contributed by atoms with Crippen molar-refractivity contribution in [1.29, 1.82) is 0 Å². The first-order valence-corrected chi connectivity index (χ1v) is 11.3. The van der Waals surface area contributed by atoms with E-state index in [9.17, 15) is 14.0 Å². The molecular formula is C23H24BrFN2O4. The number of rotatable bonds is 4. The first kappa shape index (κ1) is 21.6. The monoisotopic (exact) mass is 490 g/mol. The number of hydrogen-bond donors (Lipinski definition) is 1. The van der Waals surface area contributed by atoms with Crippen LogP contribution in [0.1, 0.15) is 51.1 Å². The summed E-state index contributed by atoms with van der Waals surface area (Å²) < 4.78 is 26.1. The number of para-hydroxylation sites is 1. The van der Waals surface area contributed by atoms with Crippen molar-refractivity contribution in [2.45, 2.75) is 57.7 Å². The summed E-state index contributed by atoms with van der Waals surface area (Å²) in [6.07, 6.45) is 1.48. The molecule has 164 valence electrons. The normalized spacial score (nSPS) is 19.6. The molecule has 31 heavy (non-hydrogen) atoms. The number of alkyl carbamates (subject to hydrolysis) is 1. The number of hydrogen-bond acceptors (Lipinski definition) is 4. The number of halogens is 2. The van der Waals surface area contributed by atoms with Crippen LogP contribution in [0.4, 0.5) is 14.9 Å². The third kappa shape index (κ3) is 4.13. The Labute approximate surface area is 188 Å². The van der Waals surface area contributed by atoms with E-state index in [1.807, 2.05) is 32.0 Å². The van der Waals surface area contributed by atoms with Crippen LogP contribution in [0, 0.1) is 5.82 Å². The molecule has 2 aliphatic heterocycles. The number of nitrogens with one attached hydrogen (secondary N) is 1. The summed E-state index contributed by atoms with van der Waals surface area (Å²) >= 11 is 3.40. The molecule has 2 atom stereocenters. The van der Waals surface area contributed by atoms with Gasteiger partial charge in [0.15, 0.2) is 5.75 Å². The molecule has 6 nitrogen and oxygen atoms in total. The van der Waals surface area contributed by atoms with Gasteiger partial charge in [-0.3, -0.25) is 9.69 Å². The molecular weight excluding hydrogens is 467 g/mol. The summed E-state index contributed by atoms with van der Waals surface area (Å²) in [5.74, 6) is 0.166. The van der Waals surface area contributed by atoms with Crippen LogP contribution in [-0.4, -0.2) is 24.1 Å². The fourth-order valence-corrected chi connectivity index (χ4v) is 4.85. The van der Waals surface area contributed by atoms with Gasteiger partial charge in [-0.15, -0.1) is 0 Å². The molecule has 0 aliphatic carbocycles. The van der Waals surface area contributed by atoms with Crippen LogP contribution in [0.25, 0.3) is 0 Å². The van der Waals surface area contributed by atoms with Crippen molar-refractivity contribution in [3.05, 3.63) is 52.3 Å². The van der Waals surface area contributed by atoms with Crippen molar-refractivity contribution in [2.24, 2.45) is 0 Å². The molecule has 2 amide bonds. The Morgan fingerprint density at radius 3 is 2.77 bits per heavy atom. The summed E-state index contributed by atoms with van der Waals surface area (Å²) in [6, 6.07) is 8.97. The number of anilines is 1. The van der Waals surface area contributed by atoms with Gasteiger partial charge < -0.3 is 14.8 Å². The zero-order valence-electron chi connectivity index (χ0n) is 17.4. The predicted octanol–water partition coefficient (Wildman–Crippen LogP) is 5.85. The minimum Gasteiger partial charge on any atom is -0.455 e. The number of nitrogens with zero attached hydrogens (tertiary/aromatic N) is 1. The van der Waals surface area contributed by atoms with E-state index in [2.05, 4.69) is 21.2 Å². The fourth-order valence-electron chi connectivity index (χ4n) is 4.25. The van der Waals surface area contributed by atoms with Gasteiger partial charge in [-0.1, -0.05) is 32.0 Å². The maximum Gasteiger partial charge on any atom is 0.407 e. The van der Waals surface area contributed by atoms with E-state index in [1.54, 1.807) is 11.0 Å². The molecule has 2 heterocycles. The summed E-state index contributed by atoms with van der Waals surface area (Å²) in [6.45, 7) is 3.93. The molecule has 0 saturated carbocycles. The van der Waals surface area contributed by atoms with E-state index in [0.29, 0.717) is 22.3 Å². The quantitative estimate of drug-likeness (QED) is 0.583. The van der Waals surface area contributed by atoms with Crippen molar-refractivity contribution < 1.29 is 23.5 Å². The molecule has 1 N–H and O–H groups in total. The average molecular weight is 491 g/mol. The average Bonchev–Trinajstić information content (AvgIpc) is 2.89. The summed E-state index contributed by atoms with van der Waals surface area (Å²) in [7, 11) is 0. The van der Waals surface area contributed by atoms with Crippen LogP contribution in [-0.2, 0) is 9.53 Å². The summed E-state index contributed by atoms with van der Waals surface area (Å²) in [5, 5.41) is 2.97. The van der Waals surface area contributed by atoms with Gasteiger partial charge in [-0.25, -0.2) is 9.18 Å². The van der Waals surface area contributed by atoms with Crippen molar-refractivity contribution >= 4 is 33.6 Å². The Hall–Kier alpha value is -2.61. The lowest BCUT2D eigenvalue weighted by molar-refractivity contribution is -0.120. The molecule has 8 heteroatoms. The third-order valence-electron chi connectivity index (χ3n) is 5.78. The lowest BCUT2D eigenvalue weighted by Gasteiger charge is -2.41. The highest BCUT2D eigenvalue weighted by Gasteiger charge is 2.44. The smallest absolute Gasteiger partial charge is 0.407 e. The lowest BCUT2D eigenvalue weighted by atomic mass is 9.89. The number of ether oxygens (including phenoxy) is 2. The first-order chi connectivity index (χ1) is 14.9. The number of fused-ring (bicyclic) bond motifs is 5. The van der Waals surface area contributed by atoms with Gasteiger partial charge in [0.1, 0.15) is 23.4 Å². The summed E-state index contributed by atoms with van der Waals surface area (Å²) in [4.78, 5) is 27.3. The number of benzene rings is 2. The standard InChI is InChI=1S/C23H24BrFN2O4/c1-3-14(4-2)30-23(29)26-17-9-10-20(28)27-21(17)15-7-5-6-8-18(15)31-19-12-13(25)11-16(24)22(19)27/h5-8,11-12,14,17,21H,3-4,9-10H2,1-2H3,(H,26,29). The second-order valence-electron chi connectivity index (χ2n) is 7.72. The highest BCUT2D eigenvalue weighted by atomic mass is 79.9. The SMILES string of the molecule is CCC(CC)OC(=O)NC1CCC(=O)N2c3c(Br)cc(F)cc3Oc3ccccc3C12. The van der Waals surface area contributed by atoms with Gasteiger partial charge in [-0.05, 0) is 47.3 Å². The van der Waals surface area contributed by atoms with E-state index in [1.165, 1.54) is 12.1 Å². The molecule has 0 bridgehead atoms. The van der Waals surface area contributed by atoms with E-state index in [0.717, 1.165) is 18.4 Å². The largest absolute Gasteiger partial charge is 0.455 e. The Kier molecular flexibility index (Phi) is 6.18. The Morgan fingerprint density at radius 1 is 1.29 bits per heavy atom. The molecule has 4 rings (SSSR count). The van der Waals surface area contributed by atoms with E-state index >= 15 is 0 Å². The van der Waals surface area contributed by atoms with Crippen molar-refractivity contribution in [2.75, 3.05) is 4.90 Å². The van der Waals surface area contributed by atoms with Crippen molar-refractivity contribution in [1.82, 2.24) is 5.32 Å². The highest BCUT2D eigenvalue weighted by molar-refractivity contribution is 9.10. The second kappa shape index (κ2) is 8.86. The molecule has 1 fully saturated rings. The minimum atomic E-state index is -0.519. The zero-order valence-corrected chi connectivity index (χ0v) is 18.9. The maximum absolute atomic E-state index is 14.1. The molecule has 1 saturated heterocycles. The van der Waals surface area contributed by atoms with Crippen LogP contribution in [0.2, 0.25) is 0 Å². The van der Waals surface area contributed by atoms with E-state index < -0.39 is 24.0 Å². The van der Waals surface area contributed by atoms with Gasteiger partial charge in [-0.2, -0.15) is 0 Å². The molecule has 2 aromatic rings. The number of amides is 2. The first-order valence-electron chi connectivity index (χ1n) is 10.5. The maximum atomic E-state index is 14.1. The fraction of sp³-hybridized carbons (Fsp3) is 0.391. The highest BCUT2D eigenvalue weighted by Crippen LogP contribution is 2.50. The Balaban J connectivity index is 1.78. The summed E-state index contributed by atoms with van der Waals surface area (Å²) in [5.41, 5.74) is 1.19. The molecule has 0 aromatic heterocycles. The predicted molar refractivity (Wildman–Crippen MR) is 118 cm³/mol. The molecule has 0 spiro atoms. The number of carbonyl (C=O) groups excluding carboxylic acids is 2. The Morgan fingerprint density at radius 2 is 2.03 bits per heavy atom. The van der Waals surface area contributed by atoms with Gasteiger partial charge in [0, 0.05) is 22.5 Å². The number of piperidine rings is 1. The minimum absolute atomic E-state index is 0.120. The topological polar surface area (TPSA) is 67.9 Å². The Bertz CT molecular complexity index is 1010. The molecule has 2 aliphatic rings. The van der Waals surface area contributed by atoms with Gasteiger partial charge in [0.05, 0.1) is 12.1 Å². The zero-order chi connectivity index (χ0) is 22.1. The van der Waals surface area contributed by atoms with Crippen LogP contribution in [0.3, 0.4) is 0 Å².